The molecule has 1 heterocycles. The number of thioether (sulfide) groups is 1. The zero-order valence-corrected chi connectivity index (χ0v) is 18.4. The number of ether oxygens (including phenoxy) is 1. The van der Waals surface area contributed by atoms with Gasteiger partial charge in [-0.3, -0.25) is 9.59 Å². The quantitative estimate of drug-likeness (QED) is 0.600. The molecular formula is C20H28N2O5S2. The average molecular weight is 441 g/mol. The first-order valence-corrected chi connectivity index (χ1v) is 12.6. The summed E-state index contributed by atoms with van der Waals surface area (Å²) >= 11 is 1.22. The fourth-order valence-corrected chi connectivity index (χ4v) is 5.90. The van der Waals surface area contributed by atoms with Crippen molar-refractivity contribution in [1.29, 1.82) is 0 Å². The van der Waals surface area contributed by atoms with Crippen molar-refractivity contribution in [2.45, 2.75) is 37.5 Å². The third kappa shape index (κ3) is 5.52. The van der Waals surface area contributed by atoms with Gasteiger partial charge in [0.05, 0.1) is 23.0 Å². The highest BCUT2D eigenvalue weighted by atomic mass is 32.2. The van der Waals surface area contributed by atoms with Crippen LogP contribution in [-0.2, 0) is 37.2 Å². The number of rotatable bonds is 7. The second-order valence-corrected chi connectivity index (χ2v) is 10.1. The maximum Gasteiger partial charge on any atom is 0.315 e. The number of aryl methyl sites for hydroxylation is 2. The molecule has 0 radical (unpaired) electrons. The smallest absolute Gasteiger partial charge is 0.315 e. The van der Waals surface area contributed by atoms with E-state index in [1.807, 2.05) is 12.1 Å². The van der Waals surface area contributed by atoms with Crippen molar-refractivity contribution < 1.29 is 22.7 Å². The first kappa shape index (κ1) is 22.1. The van der Waals surface area contributed by atoms with E-state index in [0.717, 1.165) is 31.2 Å². The number of hydrogen-bond acceptors (Lipinski definition) is 6. The maximum absolute atomic E-state index is 13.0. The van der Waals surface area contributed by atoms with Crippen molar-refractivity contribution in [3.05, 3.63) is 29.3 Å². The van der Waals surface area contributed by atoms with Crippen LogP contribution < -0.4 is 0 Å². The summed E-state index contributed by atoms with van der Waals surface area (Å²) in [5, 5.41) is 0. The van der Waals surface area contributed by atoms with Gasteiger partial charge in [-0.1, -0.05) is 6.07 Å². The molecule has 0 atom stereocenters. The predicted molar refractivity (Wildman–Crippen MR) is 112 cm³/mol. The summed E-state index contributed by atoms with van der Waals surface area (Å²) in [5.74, 6) is -0.0702. The summed E-state index contributed by atoms with van der Waals surface area (Å²) in [5.41, 5.74) is 2.40. The molecule has 0 N–H and O–H groups in total. The van der Waals surface area contributed by atoms with Gasteiger partial charge in [-0.25, -0.2) is 8.42 Å². The molecule has 1 aromatic rings. The molecule has 0 spiro atoms. The number of fused-ring (bicyclic) bond motifs is 1. The zero-order chi connectivity index (χ0) is 20.9. The number of esters is 1. The van der Waals surface area contributed by atoms with E-state index in [2.05, 4.69) is 0 Å². The highest BCUT2D eigenvalue weighted by molar-refractivity contribution is 8.00. The summed E-state index contributed by atoms with van der Waals surface area (Å²) < 4.78 is 32.4. The van der Waals surface area contributed by atoms with E-state index < -0.39 is 10.0 Å². The van der Waals surface area contributed by atoms with Crippen LogP contribution in [0.5, 0.6) is 0 Å². The second kappa shape index (κ2) is 9.95. The van der Waals surface area contributed by atoms with Gasteiger partial charge >= 0.3 is 5.97 Å². The molecule has 1 fully saturated rings. The van der Waals surface area contributed by atoms with Crippen LogP contribution in [0.4, 0.5) is 0 Å². The second-order valence-electron chi connectivity index (χ2n) is 7.22. The van der Waals surface area contributed by atoms with Crippen LogP contribution in [0.15, 0.2) is 23.1 Å². The highest BCUT2D eigenvalue weighted by Crippen LogP contribution is 2.26. The Balaban J connectivity index is 1.53. The number of sulfonamides is 1. The monoisotopic (exact) mass is 440 g/mol. The van der Waals surface area contributed by atoms with E-state index in [9.17, 15) is 18.0 Å². The zero-order valence-electron chi connectivity index (χ0n) is 16.8. The Labute approximate surface area is 176 Å². The molecule has 1 aromatic carbocycles. The Hall–Kier alpha value is -1.58. The SMILES string of the molecule is CCOC(=O)CSCC(=O)N1CCN(S(=O)(=O)c2ccc3c(c2)CCCC3)CC1. The summed E-state index contributed by atoms with van der Waals surface area (Å²) in [7, 11) is -3.55. The molecule has 0 saturated carbocycles. The van der Waals surface area contributed by atoms with Crippen LogP contribution in [0.3, 0.4) is 0 Å². The molecule has 0 bridgehead atoms. The van der Waals surface area contributed by atoms with E-state index in [0.29, 0.717) is 24.6 Å². The molecule has 1 amide bonds. The lowest BCUT2D eigenvalue weighted by Crippen LogP contribution is -2.51. The van der Waals surface area contributed by atoms with Gasteiger partial charge in [0, 0.05) is 26.2 Å². The fraction of sp³-hybridized carbons (Fsp3) is 0.600. The van der Waals surface area contributed by atoms with Crippen LogP contribution in [0.25, 0.3) is 0 Å². The van der Waals surface area contributed by atoms with Gasteiger partial charge < -0.3 is 9.64 Å². The largest absolute Gasteiger partial charge is 0.465 e. The number of amides is 1. The van der Waals surface area contributed by atoms with Gasteiger partial charge in [0.25, 0.3) is 0 Å². The van der Waals surface area contributed by atoms with Crippen LogP contribution >= 0.6 is 11.8 Å². The highest BCUT2D eigenvalue weighted by Gasteiger charge is 2.30. The van der Waals surface area contributed by atoms with E-state index >= 15 is 0 Å². The lowest BCUT2D eigenvalue weighted by atomic mass is 9.92. The molecule has 1 aliphatic heterocycles. The van der Waals surface area contributed by atoms with Crippen molar-refractivity contribution in [3.8, 4) is 0 Å². The minimum atomic E-state index is -3.55. The van der Waals surface area contributed by atoms with Crippen molar-refractivity contribution in [3.63, 3.8) is 0 Å². The first-order chi connectivity index (χ1) is 13.9. The topological polar surface area (TPSA) is 84.0 Å². The van der Waals surface area contributed by atoms with Gasteiger partial charge in [0.2, 0.25) is 15.9 Å². The van der Waals surface area contributed by atoms with Gasteiger partial charge in [-0.15, -0.1) is 11.8 Å². The van der Waals surface area contributed by atoms with E-state index in [1.54, 1.807) is 17.9 Å². The number of carbonyl (C=O) groups excluding carboxylic acids is 2. The van der Waals surface area contributed by atoms with Crippen LogP contribution in [0, 0.1) is 0 Å². The first-order valence-electron chi connectivity index (χ1n) is 10.0. The van der Waals surface area contributed by atoms with Crippen molar-refractivity contribution in [2.24, 2.45) is 0 Å². The Kier molecular flexibility index (Phi) is 7.59. The summed E-state index contributed by atoms with van der Waals surface area (Å²) in [6.45, 7) is 3.37. The summed E-state index contributed by atoms with van der Waals surface area (Å²) in [6, 6.07) is 5.48. The molecule has 29 heavy (non-hydrogen) atoms. The van der Waals surface area contributed by atoms with E-state index in [-0.39, 0.29) is 36.5 Å². The molecular weight excluding hydrogens is 412 g/mol. The standard InChI is InChI=1S/C20H28N2O5S2/c1-2-27-20(24)15-28-14-19(23)21-9-11-22(12-10-21)29(25,26)18-8-7-16-5-3-4-6-17(16)13-18/h7-8,13H,2-6,9-12,14-15H2,1H3. The minimum absolute atomic E-state index is 0.0786. The van der Waals surface area contributed by atoms with Crippen molar-refractivity contribution in [2.75, 3.05) is 44.3 Å². The van der Waals surface area contributed by atoms with Crippen LogP contribution in [0.1, 0.15) is 30.9 Å². The van der Waals surface area contributed by atoms with Gasteiger partial charge in [0.15, 0.2) is 0 Å². The number of benzene rings is 1. The number of nitrogens with zero attached hydrogens (tertiary/aromatic N) is 2. The molecule has 1 saturated heterocycles. The number of carbonyl (C=O) groups is 2. The predicted octanol–water partition coefficient (Wildman–Crippen LogP) is 1.69. The van der Waals surface area contributed by atoms with Gasteiger partial charge in [-0.05, 0) is 55.9 Å². The molecule has 9 heteroatoms. The third-order valence-corrected chi connectivity index (χ3v) is 8.09. The van der Waals surface area contributed by atoms with Gasteiger partial charge in [0.1, 0.15) is 0 Å². The lowest BCUT2D eigenvalue weighted by molar-refractivity contribution is -0.139. The molecule has 0 aromatic heterocycles. The fourth-order valence-electron chi connectivity index (χ4n) is 3.71. The van der Waals surface area contributed by atoms with Crippen molar-refractivity contribution >= 4 is 33.7 Å². The Morgan fingerprint density at radius 2 is 1.72 bits per heavy atom. The van der Waals surface area contributed by atoms with Crippen molar-refractivity contribution in [1.82, 2.24) is 9.21 Å². The minimum Gasteiger partial charge on any atom is -0.465 e. The number of hydrogen-bond donors (Lipinski definition) is 0. The molecule has 160 valence electrons. The molecule has 7 nitrogen and oxygen atoms in total. The molecule has 1 aliphatic carbocycles. The molecule has 3 rings (SSSR count). The van der Waals surface area contributed by atoms with E-state index in [1.165, 1.54) is 21.6 Å². The average Bonchev–Trinajstić information content (AvgIpc) is 2.73. The number of piperazine rings is 1. The normalized spacial score (nSPS) is 17.6. The Morgan fingerprint density at radius 3 is 2.41 bits per heavy atom. The van der Waals surface area contributed by atoms with Crippen LogP contribution in [-0.4, -0.2) is 73.8 Å². The molecule has 0 unspecified atom stereocenters. The van der Waals surface area contributed by atoms with E-state index in [4.69, 9.17) is 4.74 Å². The summed E-state index contributed by atoms with van der Waals surface area (Å²) in [4.78, 5) is 25.7. The Bertz CT molecular complexity index is 848. The third-order valence-electron chi connectivity index (χ3n) is 5.30. The maximum atomic E-state index is 13.0. The Morgan fingerprint density at radius 1 is 1.03 bits per heavy atom. The lowest BCUT2D eigenvalue weighted by Gasteiger charge is -2.34. The molecule has 2 aliphatic rings. The van der Waals surface area contributed by atoms with Gasteiger partial charge in [-0.2, -0.15) is 4.31 Å². The van der Waals surface area contributed by atoms with Crippen LogP contribution in [0.2, 0.25) is 0 Å². The summed E-state index contributed by atoms with van der Waals surface area (Å²) in [6.07, 6.45) is 4.22.